The Labute approximate surface area is 200 Å². The molecule has 0 spiro atoms. The number of aryl methyl sites for hydroxylation is 1. The number of aromatic nitrogens is 1. The molecule has 0 fully saturated rings. The molecule has 184 valence electrons. The SMILES string of the molecule is CCCCCCCCCC=CCCCCCCCCCCCCCCc1ccc(C=O)[nH]1. The van der Waals surface area contributed by atoms with Gasteiger partial charge in [-0.3, -0.25) is 4.79 Å². The largest absolute Gasteiger partial charge is 0.356 e. The van der Waals surface area contributed by atoms with Crippen LogP contribution in [-0.4, -0.2) is 11.3 Å². The highest BCUT2D eigenvalue weighted by molar-refractivity contribution is 5.71. The molecule has 1 aromatic heterocycles. The van der Waals surface area contributed by atoms with Gasteiger partial charge in [-0.2, -0.15) is 0 Å². The molecular formula is C30H53NO. The van der Waals surface area contributed by atoms with Crippen molar-refractivity contribution in [1.82, 2.24) is 4.98 Å². The first-order valence-corrected chi connectivity index (χ1v) is 14.1. The Morgan fingerprint density at radius 1 is 0.594 bits per heavy atom. The van der Waals surface area contributed by atoms with Crippen LogP contribution in [0.1, 0.15) is 158 Å². The van der Waals surface area contributed by atoms with E-state index in [-0.39, 0.29) is 0 Å². The number of aromatic amines is 1. The van der Waals surface area contributed by atoms with Crippen LogP contribution in [-0.2, 0) is 6.42 Å². The first kappa shape index (κ1) is 28.7. The molecular weight excluding hydrogens is 390 g/mol. The molecule has 0 saturated carbocycles. The fourth-order valence-corrected chi connectivity index (χ4v) is 4.47. The minimum Gasteiger partial charge on any atom is -0.356 e. The van der Waals surface area contributed by atoms with Crippen LogP contribution >= 0.6 is 0 Å². The minimum atomic E-state index is 0.700. The topological polar surface area (TPSA) is 32.9 Å². The van der Waals surface area contributed by atoms with Gasteiger partial charge in [0.2, 0.25) is 0 Å². The van der Waals surface area contributed by atoms with Crippen LogP contribution < -0.4 is 0 Å². The van der Waals surface area contributed by atoms with E-state index < -0.39 is 0 Å². The van der Waals surface area contributed by atoms with E-state index in [9.17, 15) is 4.79 Å². The highest BCUT2D eigenvalue weighted by Crippen LogP contribution is 2.14. The molecule has 0 bridgehead atoms. The molecule has 1 N–H and O–H groups in total. The molecule has 1 rings (SSSR count). The molecule has 0 amide bonds. The van der Waals surface area contributed by atoms with Gasteiger partial charge in [0.1, 0.15) is 0 Å². The molecule has 0 atom stereocenters. The number of carbonyl (C=O) groups is 1. The fraction of sp³-hybridized carbons (Fsp3) is 0.767. The third kappa shape index (κ3) is 18.3. The van der Waals surface area contributed by atoms with Gasteiger partial charge >= 0.3 is 0 Å². The van der Waals surface area contributed by atoms with Gasteiger partial charge in [-0.05, 0) is 50.7 Å². The lowest BCUT2D eigenvalue weighted by Gasteiger charge is -2.03. The molecule has 1 heterocycles. The summed E-state index contributed by atoms with van der Waals surface area (Å²) in [4.78, 5) is 13.8. The maximum absolute atomic E-state index is 10.7. The summed E-state index contributed by atoms with van der Waals surface area (Å²) in [6, 6.07) is 3.91. The lowest BCUT2D eigenvalue weighted by Crippen LogP contribution is -1.88. The summed E-state index contributed by atoms with van der Waals surface area (Å²) in [6.07, 6.45) is 35.9. The smallest absolute Gasteiger partial charge is 0.166 e. The van der Waals surface area contributed by atoms with Crippen molar-refractivity contribution in [1.29, 1.82) is 0 Å². The molecule has 0 aliphatic heterocycles. The summed E-state index contributed by atoms with van der Waals surface area (Å²) < 4.78 is 0. The molecule has 32 heavy (non-hydrogen) atoms. The Balaban J connectivity index is 1.71. The number of unbranched alkanes of at least 4 members (excludes halogenated alkanes) is 19. The van der Waals surface area contributed by atoms with E-state index in [0.29, 0.717) is 5.69 Å². The van der Waals surface area contributed by atoms with Crippen molar-refractivity contribution in [3.05, 3.63) is 35.7 Å². The van der Waals surface area contributed by atoms with Gasteiger partial charge < -0.3 is 4.98 Å². The average Bonchev–Trinajstić information content (AvgIpc) is 3.27. The second-order valence-electron chi connectivity index (χ2n) is 9.72. The number of carbonyl (C=O) groups excluding carboxylic acids is 1. The molecule has 0 aliphatic carbocycles. The number of nitrogens with one attached hydrogen (secondary N) is 1. The van der Waals surface area contributed by atoms with Crippen molar-refractivity contribution < 1.29 is 4.79 Å². The van der Waals surface area contributed by atoms with Crippen molar-refractivity contribution in [2.45, 2.75) is 148 Å². The van der Waals surface area contributed by atoms with Crippen LogP contribution in [0.4, 0.5) is 0 Å². The maximum Gasteiger partial charge on any atom is 0.166 e. The van der Waals surface area contributed by atoms with E-state index in [1.54, 1.807) is 0 Å². The van der Waals surface area contributed by atoms with Gasteiger partial charge in [0.05, 0.1) is 5.69 Å². The van der Waals surface area contributed by atoms with Gasteiger partial charge in [-0.1, -0.05) is 122 Å². The highest BCUT2D eigenvalue weighted by Gasteiger charge is 1.98. The molecule has 0 saturated heterocycles. The van der Waals surface area contributed by atoms with Gasteiger partial charge in [0.15, 0.2) is 6.29 Å². The Hall–Kier alpha value is -1.31. The number of allylic oxidation sites excluding steroid dienone is 2. The van der Waals surface area contributed by atoms with Crippen LogP contribution in [0.2, 0.25) is 0 Å². The summed E-state index contributed by atoms with van der Waals surface area (Å²) in [5.74, 6) is 0. The summed E-state index contributed by atoms with van der Waals surface area (Å²) in [7, 11) is 0. The standard InChI is InChI=1S/C30H53NO/c1-2-3-4-5-6-7-8-9-10-11-12-13-14-15-16-17-18-19-20-21-22-23-24-25-29-26-27-30(28-32)31-29/h10-11,26-28,31H,2-9,12-25H2,1H3. The number of hydrogen-bond acceptors (Lipinski definition) is 1. The van der Waals surface area contributed by atoms with Crippen molar-refractivity contribution in [2.24, 2.45) is 0 Å². The van der Waals surface area contributed by atoms with E-state index in [0.717, 1.165) is 12.7 Å². The molecule has 0 aromatic carbocycles. The number of rotatable bonds is 24. The summed E-state index contributed by atoms with van der Waals surface area (Å²) in [5, 5.41) is 0. The van der Waals surface area contributed by atoms with Crippen LogP contribution in [0.5, 0.6) is 0 Å². The van der Waals surface area contributed by atoms with Crippen molar-refractivity contribution in [3.8, 4) is 0 Å². The maximum atomic E-state index is 10.7. The summed E-state index contributed by atoms with van der Waals surface area (Å²) in [6.45, 7) is 2.29. The monoisotopic (exact) mass is 443 g/mol. The zero-order valence-electron chi connectivity index (χ0n) is 21.4. The Bertz CT molecular complexity index is 545. The van der Waals surface area contributed by atoms with E-state index in [2.05, 4.69) is 24.1 Å². The number of aldehydes is 1. The van der Waals surface area contributed by atoms with Crippen LogP contribution in [0.15, 0.2) is 24.3 Å². The van der Waals surface area contributed by atoms with E-state index in [1.165, 1.54) is 141 Å². The highest BCUT2D eigenvalue weighted by atomic mass is 16.1. The second-order valence-corrected chi connectivity index (χ2v) is 9.72. The van der Waals surface area contributed by atoms with Gasteiger partial charge in [-0.15, -0.1) is 0 Å². The Morgan fingerprint density at radius 2 is 1.03 bits per heavy atom. The first-order chi connectivity index (χ1) is 15.9. The quantitative estimate of drug-likeness (QED) is 0.0961. The molecule has 0 aliphatic rings. The van der Waals surface area contributed by atoms with Crippen LogP contribution in [0.3, 0.4) is 0 Å². The number of hydrogen-bond donors (Lipinski definition) is 1. The van der Waals surface area contributed by atoms with Crippen molar-refractivity contribution in [3.63, 3.8) is 0 Å². The van der Waals surface area contributed by atoms with Crippen molar-refractivity contribution >= 4 is 6.29 Å². The van der Waals surface area contributed by atoms with E-state index >= 15 is 0 Å². The summed E-state index contributed by atoms with van der Waals surface area (Å²) in [5.41, 5.74) is 1.90. The summed E-state index contributed by atoms with van der Waals surface area (Å²) >= 11 is 0. The van der Waals surface area contributed by atoms with Crippen molar-refractivity contribution in [2.75, 3.05) is 0 Å². The minimum absolute atomic E-state index is 0.700. The third-order valence-electron chi connectivity index (χ3n) is 6.60. The number of H-pyrrole nitrogens is 1. The average molecular weight is 444 g/mol. The third-order valence-corrected chi connectivity index (χ3v) is 6.60. The first-order valence-electron chi connectivity index (χ1n) is 14.1. The zero-order chi connectivity index (χ0) is 23.0. The molecule has 0 unspecified atom stereocenters. The molecule has 0 radical (unpaired) electrons. The second kappa shape index (κ2) is 22.9. The molecule has 1 aromatic rings. The fourth-order valence-electron chi connectivity index (χ4n) is 4.47. The predicted octanol–water partition coefficient (Wildman–Crippen LogP) is 10.1. The normalized spacial score (nSPS) is 11.5. The molecule has 2 nitrogen and oxygen atoms in total. The Kier molecular flexibility index (Phi) is 20.5. The van der Waals surface area contributed by atoms with E-state index in [4.69, 9.17) is 0 Å². The molecule has 2 heteroatoms. The van der Waals surface area contributed by atoms with Crippen LogP contribution in [0.25, 0.3) is 0 Å². The van der Waals surface area contributed by atoms with E-state index in [1.807, 2.05) is 12.1 Å². The lowest BCUT2D eigenvalue weighted by atomic mass is 10.0. The predicted molar refractivity (Wildman–Crippen MR) is 142 cm³/mol. The lowest BCUT2D eigenvalue weighted by molar-refractivity contribution is 0.111. The zero-order valence-corrected chi connectivity index (χ0v) is 21.4. The van der Waals surface area contributed by atoms with Gasteiger partial charge in [-0.25, -0.2) is 0 Å². The Morgan fingerprint density at radius 3 is 1.47 bits per heavy atom. The van der Waals surface area contributed by atoms with Gasteiger partial charge in [0, 0.05) is 5.69 Å². The van der Waals surface area contributed by atoms with Crippen LogP contribution in [0, 0.1) is 0 Å². The van der Waals surface area contributed by atoms with Gasteiger partial charge in [0.25, 0.3) is 0 Å².